The minimum atomic E-state index is -0.140. The number of rotatable bonds is 4. The smallest absolute Gasteiger partial charge is 0.255 e. The Morgan fingerprint density at radius 2 is 1.80 bits per heavy atom. The molecule has 5 nitrogen and oxygen atoms in total. The van der Waals surface area contributed by atoms with Gasteiger partial charge in [-0.1, -0.05) is 6.07 Å². The lowest BCUT2D eigenvalue weighted by atomic mass is 10.1. The van der Waals surface area contributed by atoms with Crippen molar-refractivity contribution >= 4 is 17.3 Å². The zero-order valence-electron chi connectivity index (χ0n) is 14.8. The van der Waals surface area contributed by atoms with Gasteiger partial charge in [-0.15, -0.1) is 0 Å². The lowest BCUT2D eigenvalue weighted by Crippen LogP contribution is -2.14. The predicted molar refractivity (Wildman–Crippen MR) is 100 cm³/mol. The van der Waals surface area contributed by atoms with E-state index in [-0.39, 0.29) is 5.91 Å². The molecule has 0 unspecified atom stereocenters. The molecular weight excluding hydrogens is 314 g/mol. The number of aromatic nitrogens is 1. The van der Waals surface area contributed by atoms with Crippen LogP contribution >= 0.6 is 0 Å². The Morgan fingerprint density at radius 3 is 2.40 bits per heavy atom. The fourth-order valence-corrected chi connectivity index (χ4v) is 2.42. The highest BCUT2D eigenvalue weighted by atomic mass is 16.4. The van der Waals surface area contributed by atoms with Gasteiger partial charge >= 0.3 is 0 Å². The van der Waals surface area contributed by atoms with Gasteiger partial charge in [0.1, 0.15) is 5.76 Å². The lowest BCUT2D eigenvalue weighted by Gasteiger charge is -2.13. The third-order valence-corrected chi connectivity index (χ3v) is 4.04. The van der Waals surface area contributed by atoms with Gasteiger partial charge in [0.05, 0.1) is 5.69 Å². The maximum absolute atomic E-state index is 12.4. The van der Waals surface area contributed by atoms with Gasteiger partial charge in [0.15, 0.2) is 0 Å². The van der Waals surface area contributed by atoms with E-state index in [9.17, 15) is 4.79 Å². The molecule has 25 heavy (non-hydrogen) atoms. The van der Waals surface area contributed by atoms with E-state index in [1.165, 1.54) is 0 Å². The van der Waals surface area contributed by atoms with Crippen LogP contribution in [-0.2, 0) is 0 Å². The van der Waals surface area contributed by atoms with Gasteiger partial charge in [0.25, 0.3) is 5.91 Å². The Labute approximate surface area is 147 Å². The van der Waals surface area contributed by atoms with Crippen molar-refractivity contribution in [3.05, 3.63) is 65.5 Å². The van der Waals surface area contributed by atoms with Crippen LogP contribution in [0.15, 0.2) is 52.9 Å². The van der Waals surface area contributed by atoms with Crippen LogP contribution in [0.4, 0.5) is 11.4 Å². The van der Waals surface area contributed by atoms with Crippen LogP contribution < -0.4 is 10.2 Å². The molecule has 3 rings (SSSR count). The molecule has 0 radical (unpaired) electrons. The molecule has 0 saturated carbocycles. The number of hydrogen-bond acceptors (Lipinski definition) is 4. The number of carbonyl (C=O) groups excluding carboxylic acids is 1. The summed E-state index contributed by atoms with van der Waals surface area (Å²) in [5, 5.41) is 2.91. The van der Waals surface area contributed by atoms with E-state index >= 15 is 0 Å². The second-order valence-electron chi connectivity index (χ2n) is 6.14. The molecule has 0 aliphatic heterocycles. The first-order valence-electron chi connectivity index (χ1n) is 8.07. The van der Waals surface area contributed by atoms with Crippen molar-refractivity contribution in [3.8, 4) is 11.5 Å². The molecule has 2 aromatic carbocycles. The SMILES string of the molecule is Cc1nc(-c2ccc(NC(=O)c3cccc(N(C)C)c3)cc2)oc1C. The molecule has 0 bridgehead atoms. The average Bonchev–Trinajstić information content (AvgIpc) is 2.94. The number of anilines is 2. The highest BCUT2D eigenvalue weighted by Gasteiger charge is 2.10. The molecule has 0 aliphatic carbocycles. The van der Waals surface area contributed by atoms with Gasteiger partial charge in [0, 0.05) is 36.6 Å². The maximum Gasteiger partial charge on any atom is 0.255 e. The Balaban J connectivity index is 1.75. The first kappa shape index (κ1) is 16.8. The van der Waals surface area contributed by atoms with Crippen LogP contribution in [0.25, 0.3) is 11.5 Å². The second kappa shape index (κ2) is 6.81. The van der Waals surface area contributed by atoms with Crippen molar-refractivity contribution in [1.29, 1.82) is 0 Å². The minimum absolute atomic E-state index is 0.140. The number of nitrogens with zero attached hydrogens (tertiary/aromatic N) is 2. The molecule has 128 valence electrons. The minimum Gasteiger partial charge on any atom is -0.441 e. The molecule has 0 saturated heterocycles. The summed E-state index contributed by atoms with van der Waals surface area (Å²) in [6, 6.07) is 15.0. The van der Waals surface area contributed by atoms with Crippen LogP contribution in [0.5, 0.6) is 0 Å². The van der Waals surface area contributed by atoms with Crippen molar-refractivity contribution in [2.75, 3.05) is 24.3 Å². The van der Waals surface area contributed by atoms with Crippen molar-refractivity contribution in [2.45, 2.75) is 13.8 Å². The molecule has 1 N–H and O–H groups in total. The van der Waals surface area contributed by atoms with Gasteiger partial charge in [-0.25, -0.2) is 4.98 Å². The third kappa shape index (κ3) is 3.71. The van der Waals surface area contributed by atoms with Gasteiger partial charge in [-0.2, -0.15) is 0 Å². The number of hydrogen-bond donors (Lipinski definition) is 1. The van der Waals surface area contributed by atoms with E-state index in [1.54, 1.807) is 6.07 Å². The van der Waals surface area contributed by atoms with E-state index in [0.29, 0.717) is 11.5 Å². The van der Waals surface area contributed by atoms with E-state index in [2.05, 4.69) is 10.3 Å². The topological polar surface area (TPSA) is 58.4 Å². The molecule has 1 aromatic heterocycles. The van der Waals surface area contributed by atoms with Crippen molar-refractivity contribution in [1.82, 2.24) is 4.98 Å². The normalized spacial score (nSPS) is 10.6. The van der Waals surface area contributed by atoms with Gasteiger partial charge in [-0.05, 0) is 56.3 Å². The predicted octanol–water partition coefficient (Wildman–Crippen LogP) is 4.28. The van der Waals surface area contributed by atoms with Crippen LogP contribution in [0.2, 0.25) is 0 Å². The Hall–Kier alpha value is -3.08. The standard InChI is InChI=1S/C20H21N3O2/c1-13-14(2)25-20(21-13)15-8-10-17(11-9-15)22-19(24)16-6-5-7-18(12-16)23(3)4/h5-12H,1-4H3,(H,22,24). The summed E-state index contributed by atoms with van der Waals surface area (Å²) < 4.78 is 5.62. The Kier molecular flexibility index (Phi) is 4.57. The fraction of sp³-hybridized carbons (Fsp3) is 0.200. The number of benzene rings is 2. The number of oxazole rings is 1. The summed E-state index contributed by atoms with van der Waals surface area (Å²) in [7, 11) is 3.89. The van der Waals surface area contributed by atoms with Crippen molar-refractivity contribution in [2.24, 2.45) is 0 Å². The molecular formula is C20H21N3O2. The Morgan fingerprint density at radius 1 is 1.08 bits per heavy atom. The lowest BCUT2D eigenvalue weighted by molar-refractivity contribution is 0.102. The fourth-order valence-electron chi connectivity index (χ4n) is 2.42. The summed E-state index contributed by atoms with van der Waals surface area (Å²) in [5.41, 5.74) is 4.09. The van der Waals surface area contributed by atoms with Crippen molar-refractivity contribution in [3.63, 3.8) is 0 Å². The van der Waals surface area contributed by atoms with Crippen LogP contribution in [0.3, 0.4) is 0 Å². The van der Waals surface area contributed by atoms with Gasteiger partial charge in [-0.3, -0.25) is 4.79 Å². The van der Waals surface area contributed by atoms with E-state index in [4.69, 9.17) is 4.42 Å². The molecule has 5 heteroatoms. The summed E-state index contributed by atoms with van der Waals surface area (Å²) in [4.78, 5) is 18.8. The molecule has 1 amide bonds. The molecule has 0 aliphatic rings. The number of amides is 1. The largest absolute Gasteiger partial charge is 0.441 e. The number of aryl methyl sites for hydroxylation is 2. The second-order valence-corrected chi connectivity index (χ2v) is 6.14. The monoisotopic (exact) mass is 335 g/mol. The zero-order valence-corrected chi connectivity index (χ0v) is 14.8. The summed E-state index contributed by atoms with van der Waals surface area (Å²) in [6.07, 6.45) is 0. The van der Waals surface area contributed by atoms with Gasteiger partial charge < -0.3 is 14.6 Å². The van der Waals surface area contributed by atoms with Gasteiger partial charge in [0.2, 0.25) is 5.89 Å². The highest BCUT2D eigenvalue weighted by Crippen LogP contribution is 2.23. The molecule has 0 atom stereocenters. The first-order chi connectivity index (χ1) is 11.9. The van der Waals surface area contributed by atoms with E-state index in [0.717, 1.165) is 28.4 Å². The molecule has 3 aromatic rings. The number of nitrogens with one attached hydrogen (secondary N) is 1. The van der Waals surface area contributed by atoms with Crippen molar-refractivity contribution < 1.29 is 9.21 Å². The number of carbonyl (C=O) groups is 1. The highest BCUT2D eigenvalue weighted by molar-refractivity contribution is 6.04. The first-order valence-corrected chi connectivity index (χ1v) is 8.07. The molecule has 0 fully saturated rings. The summed E-state index contributed by atoms with van der Waals surface area (Å²) in [5.74, 6) is 1.26. The van der Waals surface area contributed by atoms with E-state index < -0.39 is 0 Å². The third-order valence-electron chi connectivity index (χ3n) is 4.04. The zero-order chi connectivity index (χ0) is 18.0. The summed E-state index contributed by atoms with van der Waals surface area (Å²) in [6.45, 7) is 3.81. The Bertz CT molecular complexity index is 876. The van der Waals surface area contributed by atoms with Crippen LogP contribution in [0, 0.1) is 13.8 Å². The quantitative estimate of drug-likeness (QED) is 0.773. The maximum atomic E-state index is 12.4. The molecule has 0 spiro atoms. The molecule has 1 heterocycles. The van der Waals surface area contributed by atoms with Crippen LogP contribution in [0.1, 0.15) is 21.8 Å². The van der Waals surface area contributed by atoms with Crippen LogP contribution in [-0.4, -0.2) is 25.0 Å². The van der Waals surface area contributed by atoms with E-state index in [1.807, 2.05) is 75.3 Å². The average molecular weight is 335 g/mol. The summed E-state index contributed by atoms with van der Waals surface area (Å²) >= 11 is 0.